The summed E-state index contributed by atoms with van der Waals surface area (Å²) in [5, 5.41) is 0. The van der Waals surface area contributed by atoms with Gasteiger partial charge < -0.3 is 0 Å². The first kappa shape index (κ1) is 17.6. The fourth-order valence-corrected chi connectivity index (χ4v) is 2.52. The minimum atomic E-state index is 1.03. The zero-order chi connectivity index (χ0) is 18.2. The molecule has 0 N–H and O–H groups in total. The molecule has 2 nitrogen and oxygen atoms in total. The van der Waals surface area contributed by atoms with E-state index >= 15 is 0 Å². The summed E-state index contributed by atoms with van der Waals surface area (Å²) < 4.78 is 0. The molecule has 2 aromatic carbocycles. The molecule has 0 aliphatic heterocycles. The number of hydrogen-bond donors (Lipinski definition) is 0. The zero-order valence-corrected chi connectivity index (χ0v) is 15.1. The van der Waals surface area contributed by atoms with Crippen molar-refractivity contribution >= 4 is 0 Å². The summed E-state index contributed by atoms with van der Waals surface area (Å²) in [6.07, 6.45) is 3.63. The molecule has 2 heterocycles. The van der Waals surface area contributed by atoms with E-state index in [9.17, 15) is 0 Å². The highest BCUT2D eigenvalue weighted by Gasteiger charge is 1.96. The summed E-state index contributed by atoms with van der Waals surface area (Å²) in [6.45, 7) is 4.17. The van der Waals surface area contributed by atoms with Crippen LogP contribution >= 0.6 is 0 Å². The number of aromatic nitrogens is 2. The molecule has 4 rings (SSSR count). The molecular formula is C24H22N2. The minimum Gasteiger partial charge on any atom is -0.256 e. The Balaban J connectivity index is 0.000000151. The van der Waals surface area contributed by atoms with Crippen molar-refractivity contribution in [1.29, 1.82) is 0 Å². The van der Waals surface area contributed by atoms with Crippen LogP contribution in [0, 0.1) is 13.8 Å². The Morgan fingerprint density at radius 1 is 0.462 bits per heavy atom. The van der Waals surface area contributed by atoms with Crippen molar-refractivity contribution in [3.63, 3.8) is 0 Å². The molecule has 0 aliphatic rings. The van der Waals surface area contributed by atoms with Crippen molar-refractivity contribution in [2.75, 3.05) is 0 Å². The summed E-state index contributed by atoms with van der Waals surface area (Å²) in [7, 11) is 0. The lowest BCUT2D eigenvalue weighted by atomic mass is 10.1. The van der Waals surface area contributed by atoms with Crippen LogP contribution in [-0.2, 0) is 0 Å². The molecular weight excluding hydrogens is 316 g/mol. The summed E-state index contributed by atoms with van der Waals surface area (Å²) >= 11 is 0. The van der Waals surface area contributed by atoms with Crippen LogP contribution in [0.3, 0.4) is 0 Å². The van der Waals surface area contributed by atoms with Gasteiger partial charge in [-0.15, -0.1) is 0 Å². The van der Waals surface area contributed by atoms with Gasteiger partial charge in [0.2, 0.25) is 0 Å². The van der Waals surface area contributed by atoms with Gasteiger partial charge in [-0.3, -0.25) is 9.97 Å². The van der Waals surface area contributed by atoms with Gasteiger partial charge in [-0.2, -0.15) is 0 Å². The highest BCUT2D eigenvalue weighted by atomic mass is 14.7. The van der Waals surface area contributed by atoms with Crippen molar-refractivity contribution in [2.24, 2.45) is 0 Å². The van der Waals surface area contributed by atoms with Gasteiger partial charge in [0.1, 0.15) is 0 Å². The number of hydrogen-bond acceptors (Lipinski definition) is 2. The SMILES string of the molecule is Cc1ccc(-c2ccccn2)cc1.Cc1ccc(-c2ccccn2)cc1. The van der Waals surface area contributed by atoms with Gasteiger partial charge in [0.25, 0.3) is 0 Å². The lowest BCUT2D eigenvalue weighted by molar-refractivity contribution is 1.32. The highest BCUT2D eigenvalue weighted by molar-refractivity contribution is 5.59. The first-order valence-electron chi connectivity index (χ1n) is 8.68. The van der Waals surface area contributed by atoms with Gasteiger partial charge >= 0.3 is 0 Å². The van der Waals surface area contributed by atoms with Crippen LogP contribution in [0.1, 0.15) is 11.1 Å². The van der Waals surface area contributed by atoms with Crippen LogP contribution in [0.4, 0.5) is 0 Å². The van der Waals surface area contributed by atoms with Gasteiger partial charge in [0, 0.05) is 23.5 Å². The average molecular weight is 338 g/mol. The molecule has 0 saturated heterocycles. The highest BCUT2D eigenvalue weighted by Crippen LogP contribution is 2.17. The van der Waals surface area contributed by atoms with Gasteiger partial charge in [-0.1, -0.05) is 71.8 Å². The topological polar surface area (TPSA) is 25.8 Å². The second-order valence-corrected chi connectivity index (χ2v) is 6.16. The van der Waals surface area contributed by atoms with Gasteiger partial charge in [-0.25, -0.2) is 0 Å². The number of aryl methyl sites for hydroxylation is 2. The molecule has 0 atom stereocenters. The lowest BCUT2D eigenvalue weighted by Crippen LogP contribution is -1.81. The van der Waals surface area contributed by atoms with E-state index in [1.54, 1.807) is 0 Å². The summed E-state index contributed by atoms with van der Waals surface area (Å²) in [6, 6.07) is 28.7. The Hall–Kier alpha value is -3.26. The van der Waals surface area contributed by atoms with Gasteiger partial charge in [0.15, 0.2) is 0 Å². The third-order valence-corrected chi connectivity index (χ3v) is 4.02. The molecule has 128 valence electrons. The van der Waals surface area contributed by atoms with E-state index in [-0.39, 0.29) is 0 Å². The Labute approximate surface area is 155 Å². The van der Waals surface area contributed by atoms with E-state index in [0.717, 1.165) is 11.4 Å². The maximum absolute atomic E-state index is 4.28. The Bertz CT molecular complexity index is 832. The second-order valence-electron chi connectivity index (χ2n) is 6.16. The molecule has 0 unspecified atom stereocenters. The standard InChI is InChI=1S/2C12H11N/c2*1-10-5-7-11(8-6-10)12-4-2-3-9-13-12/h2*2-9H,1H3. The smallest absolute Gasteiger partial charge is 0.0701 e. The predicted molar refractivity (Wildman–Crippen MR) is 109 cm³/mol. The molecule has 0 spiro atoms. The third kappa shape index (κ3) is 4.87. The maximum Gasteiger partial charge on any atom is 0.0701 e. The lowest BCUT2D eigenvalue weighted by Gasteiger charge is -1.99. The molecule has 0 saturated carbocycles. The zero-order valence-electron chi connectivity index (χ0n) is 15.1. The summed E-state index contributed by atoms with van der Waals surface area (Å²) in [5.74, 6) is 0. The normalized spacial score (nSPS) is 9.92. The van der Waals surface area contributed by atoms with Crippen LogP contribution < -0.4 is 0 Å². The van der Waals surface area contributed by atoms with Crippen LogP contribution in [0.25, 0.3) is 22.5 Å². The van der Waals surface area contributed by atoms with Crippen molar-refractivity contribution in [1.82, 2.24) is 9.97 Å². The average Bonchev–Trinajstić information content (AvgIpc) is 2.71. The van der Waals surface area contributed by atoms with E-state index in [1.807, 2.05) is 48.8 Å². The first-order chi connectivity index (χ1) is 12.7. The van der Waals surface area contributed by atoms with E-state index in [2.05, 4.69) is 72.3 Å². The molecule has 2 heteroatoms. The van der Waals surface area contributed by atoms with Crippen LogP contribution in [0.5, 0.6) is 0 Å². The second kappa shape index (κ2) is 8.72. The van der Waals surface area contributed by atoms with Gasteiger partial charge in [-0.05, 0) is 38.1 Å². The van der Waals surface area contributed by atoms with Crippen molar-refractivity contribution in [2.45, 2.75) is 13.8 Å². The molecule has 4 aromatic rings. The predicted octanol–water partition coefficient (Wildman–Crippen LogP) is 6.11. The summed E-state index contributed by atoms with van der Waals surface area (Å²) in [4.78, 5) is 8.56. The maximum atomic E-state index is 4.28. The van der Waals surface area contributed by atoms with Crippen LogP contribution in [-0.4, -0.2) is 9.97 Å². The molecule has 0 fully saturated rings. The molecule has 0 aliphatic carbocycles. The van der Waals surface area contributed by atoms with Crippen LogP contribution in [0.15, 0.2) is 97.3 Å². The Morgan fingerprint density at radius 3 is 1.15 bits per heavy atom. The molecule has 26 heavy (non-hydrogen) atoms. The molecule has 0 radical (unpaired) electrons. The molecule has 2 aromatic heterocycles. The number of rotatable bonds is 2. The minimum absolute atomic E-state index is 1.03. The number of benzene rings is 2. The van der Waals surface area contributed by atoms with Crippen molar-refractivity contribution in [3.05, 3.63) is 108 Å². The van der Waals surface area contributed by atoms with Crippen LogP contribution in [0.2, 0.25) is 0 Å². The van der Waals surface area contributed by atoms with E-state index in [1.165, 1.54) is 22.3 Å². The van der Waals surface area contributed by atoms with Gasteiger partial charge in [0.05, 0.1) is 11.4 Å². The molecule has 0 amide bonds. The largest absolute Gasteiger partial charge is 0.256 e. The quantitative estimate of drug-likeness (QED) is 0.440. The number of nitrogens with zero attached hydrogens (tertiary/aromatic N) is 2. The Morgan fingerprint density at radius 2 is 0.846 bits per heavy atom. The number of pyridine rings is 2. The van der Waals surface area contributed by atoms with E-state index in [4.69, 9.17) is 0 Å². The van der Waals surface area contributed by atoms with Crippen molar-refractivity contribution < 1.29 is 0 Å². The first-order valence-corrected chi connectivity index (χ1v) is 8.68. The van der Waals surface area contributed by atoms with E-state index in [0.29, 0.717) is 0 Å². The fraction of sp³-hybridized carbons (Fsp3) is 0.0833. The fourth-order valence-electron chi connectivity index (χ4n) is 2.52. The van der Waals surface area contributed by atoms with Crippen molar-refractivity contribution in [3.8, 4) is 22.5 Å². The van der Waals surface area contributed by atoms with E-state index < -0.39 is 0 Å². The monoisotopic (exact) mass is 338 g/mol. The summed E-state index contributed by atoms with van der Waals surface area (Å²) in [5.41, 5.74) is 6.96. The third-order valence-electron chi connectivity index (χ3n) is 4.02. The Kier molecular flexibility index (Phi) is 5.89. The molecule has 0 bridgehead atoms.